The van der Waals surface area contributed by atoms with Gasteiger partial charge in [-0.1, -0.05) is 17.7 Å². The lowest BCUT2D eigenvalue weighted by Gasteiger charge is -2.01. The monoisotopic (exact) mass is 250 g/mol. The lowest BCUT2D eigenvalue weighted by molar-refractivity contribution is 0.501. The van der Waals surface area contributed by atoms with Crippen molar-refractivity contribution in [3.8, 4) is 11.3 Å². The minimum Gasteiger partial charge on any atom is -0.441 e. The van der Waals surface area contributed by atoms with Crippen LogP contribution in [-0.2, 0) is 6.42 Å². The van der Waals surface area contributed by atoms with E-state index in [9.17, 15) is 0 Å². The predicted octanol–water partition coefficient (Wildman–Crippen LogP) is 3.07. The third-order valence-corrected chi connectivity index (χ3v) is 2.85. The highest BCUT2D eigenvalue weighted by molar-refractivity contribution is 6.33. The number of nitrogens with one attached hydrogen (secondary N) is 1. The van der Waals surface area contributed by atoms with Crippen LogP contribution in [0.5, 0.6) is 0 Å². The molecule has 0 aliphatic heterocycles. The number of halogens is 1. The molecular weight excluding hydrogens is 236 g/mol. The van der Waals surface area contributed by atoms with Gasteiger partial charge >= 0.3 is 0 Å². The SMILES string of the molecule is CNCCc1ncc(-c2ccc(C)cc2Cl)o1. The maximum absolute atomic E-state index is 6.18. The molecule has 0 aliphatic carbocycles. The average molecular weight is 251 g/mol. The Balaban J connectivity index is 2.24. The van der Waals surface area contributed by atoms with Gasteiger partial charge in [0.25, 0.3) is 0 Å². The third-order valence-electron chi connectivity index (χ3n) is 2.53. The molecule has 17 heavy (non-hydrogen) atoms. The van der Waals surface area contributed by atoms with Gasteiger partial charge in [0.1, 0.15) is 0 Å². The largest absolute Gasteiger partial charge is 0.441 e. The molecule has 2 rings (SSSR count). The van der Waals surface area contributed by atoms with Gasteiger partial charge < -0.3 is 9.73 Å². The predicted molar refractivity (Wildman–Crippen MR) is 69.3 cm³/mol. The molecule has 0 amide bonds. The van der Waals surface area contributed by atoms with Gasteiger partial charge in [0, 0.05) is 18.5 Å². The summed E-state index contributed by atoms with van der Waals surface area (Å²) in [5.74, 6) is 1.45. The summed E-state index contributed by atoms with van der Waals surface area (Å²) in [5, 5.41) is 3.75. The van der Waals surface area contributed by atoms with Crippen LogP contribution in [0.2, 0.25) is 5.02 Å². The van der Waals surface area contributed by atoms with Crippen molar-refractivity contribution in [1.29, 1.82) is 0 Å². The van der Waals surface area contributed by atoms with E-state index in [1.54, 1.807) is 6.20 Å². The van der Waals surface area contributed by atoms with Crippen molar-refractivity contribution in [2.24, 2.45) is 0 Å². The standard InChI is InChI=1S/C13H15ClN2O/c1-9-3-4-10(11(14)7-9)12-8-16-13(17-12)5-6-15-2/h3-4,7-8,15H,5-6H2,1-2H3. The number of hydrogen-bond acceptors (Lipinski definition) is 3. The smallest absolute Gasteiger partial charge is 0.196 e. The molecule has 0 fully saturated rings. The molecule has 1 heterocycles. The van der Waals surface area contributed by atoms with Crippen molar-refractivity contribution >= 4 is 11.6 Å². The first-order chi connectivity index (χ1) is 8.20. The summed E-state index contributed by atoms with van der Waals surface area (Å²) >= 11 is 6.18. The summed E-state index contributed by atoms with van der Waals surface area (Å²) in [6.45, 7) is 2.86. The van der Waals surface area contributed by atoms with Crippen LogP contribution in [0.4, 0.5) is 0 Å². The van der Waals surface area contributed by atoms with Gasteiger partial charge in [-0.15, -0.1) is 0 Å². The van der Waals surface area contributed by atoms with Crippen LogP contribution in [0.25, 0.3) is 11.3 Å². The van der Waals surface area contributed by atoms with Gasteiger partial charge in [0.05, 0.1) is 11.2 Å². The second-order valence-electron chi connectivity index (χ2n) is 3.96. The fourth-order valence-electron chi connectivity index (χ4n) is 1.60. The van der Waals surface area contributed by atoms with Crippen molar-refractivity contribution < 1.29 is 4.42 Å². The molecule has 1 aromatic heterocycles. The van der Waals surface area contributed by atoms with Crippen LogP contribution in [0.15, 0.2) is 28.8 Å². The zero-order valence-electron chi connectivity index (χ0n) is 9.96. The average Bonchev–Trinajstić information content (AvgIpc) is 2.75. The summed E-state index contributed by atoms with van der Waals surface area (Å²) in [5.41, 5.74) is 2.02. The first-order valence-corrected chi connectivity index (χ1v) is 5.94. The lowest BCUT2D eigenvalue weighted by Crippen LogP contribution is -2.10. The summed E-state index contributed by atoms with van der Waals surface area (Å²) in [4.78, 5) is 4.23. The highest BCUT2D eigenvalue weighted by Gasteiger charge is 2.09. The van der Waals surface area contributed by atoms with Crippen molar-refractivity contribution in [3.63, 3.8) is 0 Å². The molecule has 0 saturated heterocycles. The van der Waals surface area contributed by atoms with E-state index in [1.807, 2.05) is 32.2 Å². The van der Waals surface area contributed by atoms with Crippen LogP contribution in [0.1, 0.15) is 11.5 Å². The van der Waals surface area contributed by atoms with E-state index >= 15 is 0 Å². The molecule has 0 spiro atoms. The fraction of sp³-hybridized carbons (Fsp3) is 0.308. The van der Waals surface area contributed by atoms with E-state index in [4.69, 9.17) is 16.0 Å². The fourth-order valence-corrected chi connectivity index (χ4v) is 1.93. The summed E-state index contributed by atoms with van der Waals surface area (Å²) in [7, 11) is 1.90. The topological polar surface area (TPSA) is 38.1 Å². The van der Waals surface area contributed by atoms with Crippen molar-refractivity contribution in [2.75, 3.05) is 13.6 Å². The van der Waals surface area contributed by atoms with Gasteiger partial charge in [-0.3, -0.25) is 0 Å². The number of benzene rings is 1. The number of hydrogen-bond donors (Lipinski definition) is 1. The summed E-state index contributed by atoms with van der Waals surface area (Å²) in [6, 6.07) is 5.89. The highest BCUT2D eigenvalue weighted by Crippen LogP contribution is 2.29. The van der Waals surface area contributed by atoms with Crippen molar-refractivity contribution in [2.45, 2.75) is 13.3 Å². The minimum atomic E-state index is 0.696. The molecule has 4 heteroatoms. The lowest BCUT2D eigenvalue weighted by atomic mass is 10.1. The van der Waals surface area contributed by atoms with Gasteiger partial charge in [0.2, 0.25) is 0 Å². The normalized spacial score (nSPS) is 10.8. The molecule has 1 aromatic carbocycles. The summed E-state index contributed by atoms with van der Waals surface area (Å²) < 4.78 is 5.66. The molecule has 0 bridgehead atoms. The number of oxazole rings is 1. The number of aromatic nitrogens is 1. The first kappa shape index (κ1) is 12.1. The maximum Gasteiger partial charge on any atom is 0.196 e. The first-order valence-electron chi connectivity index (χ1n) is 5.56. The Labute approximate surface area is 106 Å². The second-order valence-corrected chi connectivity index (χ2v) is 4.36. The second kappa shape index (κ2) is 5.34. The van der Waals surface area contributed by atoms with Gasteiger partial charge in [-0.05, 0) is 31.7 Å². The van der Waals surface area contributed by atoms with Gasteiger partial charge in [-0.25, -0.2) is 4.98 Å². The van der Waals surface area contributed by atoms with E-state index in [-0.39, 0.29) is 0 Å². The Kier molecular flexibility index (Phi) is 3.82. The third kappa shape index (κ3) is 2.87. The van der Waals surface area contributed by atoms with Crippen LogP contribution in [-0.4, -0.2) is 18.6 Å². The Morgan fingerprint density at radius 2 is 2.24 bits per heavy atom. The van der Waals surface area contributed by atoms with Gasteiger partial charge in [0.15, 0.2) is 11.7 Å². The molecule has 3 nitrogen and oxygen atoms in total. The van der Waals surface area contributed by atoms with Crippen LogP contribution >= 0.6 is 11.6 Å². The Morgan fingerprint density at radius 1 is 1.41 bits per heavy atom. The molecule has 1 N–H and O–H groups in total. The van der Waals surface area contributed by atoms with E-state index in [0.717, 1.165) is 35.7 Å². The summed E-state index contributed by atoms with van der Waals surface area (Å²) in [6.07, 6.45) is 2.50. The quantitative estimate of drug-likeness (QED) is 0.906. The van der Waals surface area contributed by atoms with Crippen LogP contribution < -0.4 is 5.32 Å². The highest BCUT2D eigenvalue weighted by atomic mass is 35.5. The minimum absolute atomic E-state index is 0.696. The number of aryl methyl sites for hydroxylation is 1. The molecule has 0 saturated carbocycles. The number of rotatable bonds is 4. The van der Waals surface area contributed by atoms with Crippen LogP contribution in [0.3, 0.4) is 0 Å². The molecule has 0 aliphatic rings. The molecule has 2 aromatic rings. The maximum atomic E-state index is 6.18. The zero-order valence-corrected chi connectivity index (χ0v) is 10.7. The van der Waals surface area contributed by atoms with Crippen molar-refractivity contribution in [1.82, 2.24) is 10.3 Å². The van der Waals surface area contributed by atoms with E-state index in [2.05, 4.69) is 10.3 Å². The van der Waals surface area contributed by atoms with E-state index < -0.39 is 0 Å². The Morgan fingerprint density at radius 3 is 2.94 bits per heavy atom. The van der Waals surface area contributed by atoms with E-state index in [0.29, 0.717) is 5.02 Å². The van der Waals surface area contributed by atoms with Crippen LogP contribution in [0, 0.1) is 6.92 Å². The molecule has 0 atom stereocenters. The molecular formula is C13H15ClN2O. The Hall–Kier alpha value is -1.32. The molecule has 0 unspecified atom stereocenters. The molecule has 90 valence electrons. The van der Waals surface area contributed by atoms with Gasteiger partial charge in [-0.2, -0.15) is 0 Å². The van der Waals surface area contributed by atoms with E-state index in [1.165, 1.54) is 0 Å². The Bertz CT molecular complexity index is 508. The molecule has 0 radical (unpaired) electrons. The van der Waals surface area contributed by atoms with Crippen molar-refractivity contribution in [3.05, 3.63) is 40.9 Å². The zero-order chi connectivity index (χ0) is 12.3. The number of nitrogens with zero attached hydrogens (tertiary/aromatic N) is 1. The number of likely N-dealkylation sites (N-methyl/N-ethyl adjacent to an activating group) is 1.